The highest BCUT2D eigenvalue weighted by Gasteiger charge is 2.29. The summed E-state index contributed by atoms with van der Waals surface area (Å²) in [5.74, 6) is -0.977. The first-order valence-corrected chi connectivity index (χ1v) is 16.1. The Morgan fingerprint density at radius 3 is 2.43 bits per heavy atom. The zero-order chi connectivity index (χ0) is 31.8. The van der Waals surface area contributed by atoms with Crippen molar-refractivity contribution in [1.29, 1.82) is 0 Å². The number of para-hydroxylation sites is 2. The average Bonchev–Trinajstić information content (AvgIpc) is 3.76. The lowest BCUT2D eigenvalue weighted by molar-refractivity contribution is -0.115. The molecule has 1 aromatic carbocycles. The van der Waals surface area contributed by atoms with E-state index in [2.05, 4.69) is 20.8 Å². The summed E-state index contributed by atoms with van der Waals surface area (Å²) in [6.07, 6.45) is 0. The number of nitrogens with zero attached hydrogens (tertiary/aromatic N) is 3. The quantitative estimate of drug-likeness (QED) is 0.147. The first kappa shape index (κ1) is 32.7. The second kappa shape index (κ2) is 15.0. The van der Waals surface area contributed by atoms with Crippen LogP contribution in [0.15, 0.2) is 46.9 Å². The molecular formula is C29H31N5O7S3. The molecule has 232 valence electrons. The van der Waals surface area contributed by atoms with E-state index in [1.807, 2.05) is 23.6 Å². The number of hydrogen-bond donors (Lipinski definition) is 2. The molecule has 0 radical (unpaired) electrons. The summed E-state index contributed by atoms with van der Waals surface area (Å²) in [4.78, 5) is 52.2. The number of carbonyl (C=O) groups excluding carboxylic acids is 4. The normalized spacial score (nSPS) is 11.5. The van der Waals surface area contributed by atoms with Crippen molar-refractivity contribution >= 4 is 63.2 Å². The molecule has 0 saturated heterocycles. The maximum atomic E-state index is 13.5. The Bertz CT molecular complexity index is 1650. The summed E-state index contributed by atoms with van der Waals surface area (Å²) in [6, 6.07) is 10.8. The number of rotatable bonds is 13. The maximum absolute atomic E-state index is 13.5. The van der Waals surface area contributed by atoms with Crippen LogP contribution in [0, 0.1) is 6.92 Å². The Labute approximate surface area is 266 Å². The van der Waals surface area contributed by atoms with E-state index < -0.39 is 23.1 Å². The molecule has 3 heterocycles. The van der Waals surface area contributed by atoms with Gasteiger partial charge in [-0.1, -0.05) is 30.0 Å². The highest BCUT2D eigenvalue weighted by atomic mass is 32.2. The average molecular weight is 658 g/mol. The highest BCUT2D eigenvalue weighted by Crippen LogP contribution is 2.36. The Hall–Kier alpha value is -4.21. The van der Waals surface area contributed by atoms with Crippen LogP contribution < -0.4 is 15.4 Å². The van der Waals surface area contributed by atoms with Gasteiger partial charge in [-0.15, -0.1) is 32.9 Å². The maximum Gasteiger partial charge on any atom is 0.348 e. The molecule has 12 nitrogen and oxygen atoms in total. The molecule has 15 heteroatoms. The summed E-state index contributed by atoms with van der Waals surface area (Å²) in [6.45, 7) is 6.98. The third kappa shape index (κ3) is 7.29. The molecule has 0 aliphatic carbocycles. The smallest absolute Gasteiger partial charge is 0.348 e. The third-order valence-corrected chi connectivity index (χ3v) is 9.25. The predicted molar refractivity (Wildman–Crippen MR) is 168 cm³/mol. The zero-order valence-electron chi connectivity index (χ0n) is 24.7. The molecule has 0 bridgehead atoms. The number of thiophene rings is 2. The Kier molecular flexibility index (Phi) is 11.1. The van der Waals surface area contributed by atoms with E-state index in [4.69, 9.17) is 14.2 Å². The van der Waals surface area contributed by atoms with Gasteiger partial charge in [0.15, 0.2) is 11.0 Å². The van der Waals surface area contributed by atoms with E-state index in [1.165, 1.54) is 11.3 Å². The minimum Gasteiger partial charge on any atom is -0.495 e. The molecule has 4 rings (SSSR count). The van der Waals surface area contributed by atoms with Crippen LogP contribution in [0.3, 0.4) is 0 Å². The van der Waals surface area contributed by atoms with Crippen molar-refractivity contribution in [2.24, 2.45) is 0 Å². The number of carbonyl (C=O) groups is 4. The van der Waals surface area contributed by atoms with E-state index >= 15 is 0 Å². The molecule has 2 N–H and O–H groups in total. The lowest BCUT2D eigenvalue weighted by Gasteiger charge is -2.16. The third-order valence-electron chi connectivity index (χ3n) is 6.15. The molecule has 0 spiro atoms. The van der Waals surface area contributed by atoms with Crippen molar-refractivity contribution in [2.75, 3.05) is 25.6 Å². The van der Waals surface area contributed by atoms with E-state index in [0.717, 1.165) is 23.1 Å². The Morgan fingerprint density at radius 1 is 1.02 bits per heavy atom. The number of aromatic nitrogens is 3. The summed E-state index contributed by atoms with van der Waals surface area (Å²) in [5.41, 5.74) is 1.09. The van der Waals surface area contributed by atoms with Gasteiger partial charge in [0.2, 0.25) is 5.91 Å². The number of anilines is 1. The van der Waals surface area contributed by atoms with Crippen LogP contribution in [0.25, 0.3) is 5.69 Å². The highest BCUT2D eigenvalue weighted by molar-refractivity contribution is 8.00. The topological polar surface area (TPSA) is 151 Å². The summed E-state index contributed by atoms with van der Waals surface area (Å²) in [7, 11) is 1.54. The van der Waals surface area contributed by atoms with Crippen LogP contribution in [0.2, 0.25) is 0 Å². The molecule has 1 atom stereocenters. The number of thioether (sulfide) groups is 1. The van der Waals surface area contributed by atoms with Crippen molar-refractivity contribution < 1.29 is 33.4 Å². The van der Waals surface area contributed by atoms with Gasteiger partial charge in [0.05, 0.1) is 48.2 Å². The number of amides is 2. The molecule has 0 aliphatic rings. The molecule has 44 heavy (non-hydrogen) atoms. The molecule has 0 fully saturated rings. The molecular weight excluding hydrogens is 627 g/mol. The number of esters is 2. The summed E-state index contributed by atoms with van der Waals surface area (Å²) in [5, 5.41) is 15.9. The Balaban J connectivity index is 1.61. The zero-order valence-corrected chi connectivity index (χ0v) is 27.1. The van der Waals surface area contributed by atoms with Crippen LogP contribution in [-0.2, 0) is 20.8 Å². The lowest BCUT2D eigenvalue weighted by atomic mass is 10.1. The van der Waals surface area contributed by atoms with Gasteiger partial charge in [0.1, 0.15) is 15.6 Å². The van der Waals surface area contributed by atoms with Gasteiger partial charge in [0.25, 0.3) is 5.91 Å². The largest absolute Gasteiger partial charge is 0.495 e. The predicted octanol–water partition coefficient (Wildman–Crippen LogP) is 5.11. The minimum atomic E-state index is -0.732. The van der Waals surface area contributed by atoms with Gasteiger partial charge in [-0.05, 0) is 56.8 Å². The van der Waals surface area contributed by atoms with Gasteiger partial charge in [-0.25, -0.2) is 9.59 Å². The second-order valence-electron chi connectivity index (χ2n) is 9.02. The molecule has 0 saturated carbocycles. The molecule has 0 aliphatic heterocycles. The fourth-order valence-electron chi connectivity index (χ4n) is 4.07. The SMILES string of the molecule is CCOC(=O)c1sc(NC(=O)C(C)Sc2nnc(CNC(=O)c3cccs3)n2-c2ccccc2OC)c(C(=O)OCC)c1C. The number of ether oxygens (including phenoxy) is 3. The standard InChI is InChI=1S/C29H31N5O7S3/c1-6-40-27(37)22-16(3)23(28(38)41-7-2)44-26(22)31-24(35)17(4)43-29-33-32-21(15-30-25(36)20-13-10-14-42-20)34(29)18-11-8-9-12-19(18)39-5/h8-14,17H,6-7,15H2,1-5H3,(H,30,36)(H,31,35). The van der Waals surface area contributed by atoms with Gasteiger partial charge < -0.3 is 24.8 Å². The van der Waals surface area contributed by atoms with Crippen molar-refractivity contribution in [1.82, 2.24) is 20.1 Å². The van der Waals surface area contributed by atoms with Crippen molar-refractivity contribution in [2.45, 2.75) is 44.6 Å². The molecule has 4 aromatic rings. The summed E-state index contributed by atoms with van der Waals surface area (Å²) >= 11 is 3.40. The first-order valence-electron chi connectivity index (χ1n) is 13.5. The van der Waals surface area contributed by atoms with Gasteiger partial charge in [-0.2, -0.15) is 0 Å². The van der Waals surface area contributed by atoms with E-state index in [1.54, 1.807) is 57.6 Å². The van der Waals surface area contributed by atoms with Crippen LogP contribution in [0.5, 0.6) is 5.75 Å². The first-order chi connectivity index (χ1) is 21.2. The molecule has 3 aromatic heterocycles. The van der Waals surface area contributed by atoms with Crippen molar-refractivity contribution in [3.63, 3.8) is 0 Å². The van der Waals surface area contributed by atoms with Gasteiger partial charge in [0, 0.05) is 0 Å². The van der Waals surface area contributed by atoms with Crippen molar-refractivity contribution in [3.8, 4) is 11.4 Å². The van der Waals surface area contributed by atoms with Crippen LogP contribution in [-0.4, -0.2) is 64.1 Å². The molecule has 2 amide bonds. The lowest BCUT2D eigenvalue weighted by Crippen LogP contribution is -2.25. The second-order valence-corrected chi connectivity index (χ2v) is 12.3. The fourth-order valence-corrected chi connectivity index (χ4v) is 6.68. The number of nitrogens with one attached hydrogen (secondary N) is 2. The fraction of sp³-hybridized carbons (Fsp3) is 0.310. The van der Waals surface area contributed by atoms with Crippen LogP contribution in [0.1, 0.15) is 61.9 Å². The number of methoxy groups -OCH3 is 1. The van der Waals surface area contributed by atoms with Crippen LogP contribution >= 0.6 is 34.4 Å². The number of hydrogen-bond acceptors (Lipinski definition) is 12. The van der Waals surface area contributed by atoms with Crippen molar-refractivity contribution in [3.05, 3.63) is 68.5 Å². The minimum absolute atomic E-state index is 0.0664. The summed E-state index contributed by atoms with van der Waals surface area (Å²) < 4.78 is 17.6. The number of benzene rings is 1. The van der Waals surface area contributed by atoms with Crippen LogP contribution in [0.4, 0.5) is 5.00 Å². The van der Waals surface area contributed by atoms with Gasteiger partial charge in [-0.3, -0.25) is 14.2 Å². The monoisotopic (exact) mass is 657 g/mol. The van der Waals surface area contributed by atoms with Gasteiger partial charge >= 0.3 is 11.9 Å². The van der Waals surface area contributed by atoms with E-state index in [-0.39, 0.29) is 41.1 Å². The van der Waals surface area contributed by atoms with E-state index in [9.17, 15) is 19.2 Å². The van der Waals surface area contributed by atoms with E-state index in [0.29, 0.717) is 32.9 Å². The molecule has 1 unspecified atom stereocenters. The Morgan fingerprint density at radius 2 is 1.75 bits per heavy atom.